The van der Waals surface area contributed by atoms with Gasteiger partial charge in [-0.15, -0.1) is 0 Å². The van der Waals surface area contributed by atoms with Crippen molar-refractivity contribution in [3.8, 4) is 11.1 Å². The molecule has 2 aliphatic rings. The van der Waals surface area contributed by atoms with Crippen molar-refractivity contribution in [3.05, 3.63) is 53.6 Å². The molecule has 11 heteroatoms. The maximum absolute atomic E-state index is 14.1. The Bertz CT molecular complexity index is 1400. The van der Waals surface area contributed by atoms with Crippen LogP contribution in [0.1, 0.15) is 17.7 Å². The number of amides is 1. The first-order chi connectivity index (χ1) is 15.2. The highest BCUT2D eigenvalue weighted by molar-refractivity contribution is 7.87. The van der Waals surface area contributed by atoms with Crippen molar-refractivity contribution in [2.45, 2.75) is 13.0 Å². The van der Waals surface area contributed by atoms with E-state index in [1.165, 1.54) is 12.1 Å². The second kappa shape index (κ2) is 7.31. The van der Waals surface area contributed by atoms with Crippen molar-refractivity contribution in [1.82, 2.24) is 19.0 Å². The third kappa shape index (κ3) is 3.30. The van der Waals surface area contributed by atoms with E-state index in [1.54, 1.807) is 23.1 Å². The van der Waals surface area contributed by atoms with E-state index in [0.29, 0.717) is 18.6 Å². The fraction of sp³-hybridized carbons (Fsp3) is 0.238. The number of anilines is 1. The van der Waals surface area contributed by atoms with Gasteiger partial charge in [0.25, 0.3) is 0 Å². The van der Waals surface area contributed by atoms with E-state index < -0.39 is 16.3 Å². The summed E-state index contributed by atoms with van der Waals surface area (Å²) in [6.45, 7) is 0.756. The molecule has 5 rings (SSSR count). The van der Waals surface area contributed by atoms with E-state index in [0.717, 1.165) is 43.3 Å². The topological polar surface area (TPSA) is 119 Å². The summed E-state index contributed by atoms with van der Waals surface area (Å²) >= 11 is 0. The third-order valence-corrected chi connectivity index (χ3v) is 7.35. The predicted molar refractivity (Wildman–Crippen MR) is 118 cm³/mol. The molecule has 166 valence electrons. The molecule has 4 heterocycles. The first-order valence-electron chi connectivity index (χ1n) is 9.95. The SMILES string of the molecule is CN1Cc2c(C3=CCN(S(=O)(=O)NC(=O)O)CC3)[nH]c3nccc(c23)-c2cc(F)ccc21. The first kappa shape index (κ1) is 20.5. The fourth-order valence-corrected chi connectivity index (χ4v) is 5.44. The lowest BCUT2D eigenvalue weighted by molar-refractivity contribution is 0.200. The summed E-state index contributed by atoms with van der Waals surface area (Å²) in [6.07, 6.45) is 2.25. The molecule has 0 aliphatic carbocycles. The molecule has 0 bridgehead atoms. The van der Waals surface area contributed by atoms with E-state index in [2.05, 4.69) is 14.9 Å². The lowest BCUT2D eigenvalue weighted by atomic mass is 9.98. The van der Waals surface area contributed by atoms with Crippen molar-refractivity contribution in [2.75, 3.05) is 25.0 Å². The molecule has 0 radical (unpaired) electrons. The maximum atomic E-state index is 14.1. The molecule has 9 nitrogen and oxygen atoms in total. The molecule has 0 fully saturated rings. The highest BCUT2D eigenvalue weighted by atomic mass is 32.2. The number of aromatic amines is 1. The summed E-state index contributed by atoms with van der Waals surface area (Å²) in [5.74, 6) is -0.312. The number of hydrogen-bond acceptors (Lipinski definition) is 5. The number of pyridine rings is 1. The summed E-state index contributed by atoms with van der Waals surface area (Å²) in [7, 11) is -2.16. The zero-order valence-electron chi connectivity index (χ0n) is 17.1. The van der Waals surface area contributed by atoms with E-state index in [-0.39, 0.29) is 18.9 Å². The van der Waals surface area contributed by atoms with Gasteiger partial charge in [0.15, 0.2) is 0 Å². The zero-order valence-corrected chi connectivity index (χ0v) is 17.9. The van der Waals surface area contributed by atoms with Crippen LogP contribution >= 0.6 is 0 Å². The van der Waals surface area contributed by atoms with Gasteiger partial charge in [-0.05, 0) is 41.8 Å². The number of carbonyl (C=O) groups is 1. The molecule has 32 heavy (non-hydrogen) atoms. The highest BCUT2D eigenvalue weighted by Crippen LogP contribution is 2.43. The van der Waals surface area contributed by atoms with E-state index in [4.69, 9.17) is 5.11 Å². The van der Waals surface area contributed by atoms with Crippen molar-refractivity contribution >= 4 is 38.6 Å². The Kier molecular flexibility index (Phi) is 4.68. The van der Waals surface area contributed by atoms with Gasteiger partial charge in [-0.1, -0.05) is 6.08 Å². The summed E-state index contributed by atoms with van der Waals surface area (Å²) in [5, 5.41) is 9.68. The number of fused-ring (bicyclic) bond motifs is 2. The summed E-state index contributed by atoms with van der Waals surface area (Å²) in [4.78, 5) is 20.7. The molecular formula is C21H20FN5O4S. The number of nitrogens with one attached hydrogen (secondary N) is 2. The number of hydrogen-bond donors (Lipinski definition) is 3. The second-order valence-electron chi connectivity index (χ2n) is 7.83. The van der Waals surface area contributed by atoms with Crippen LogP contribution in [0, 0.1) is 5.82 Å². The van der Waals surface area contributed by atoms with Crippen LogP contribution in [0.15, 0.2) is 36.5 Å². The minimum atomic E-state index is -4.11. The molecular weight excluding hydrogens is 437 g/mol. The van der Waals surface area contributed by atoms with Crippen molar-refractivity contribution < 1.29 is 22.7 Å². The Labute approximate surface area is 183 Å². The molecule has 0 saturated heterocycles. The van der Waals surface area contributed by atoms with Gasteiger partial charge in [0.2, 0.25) is 0 Å². The van der Waals surface area contributed by atoms with Gasteiger partial charge >= 0.3 is 16.3 Å². The molecule has 0 atom stereocenters. The smallest absolute Gasteiger partial charge is 0.419 e. The highest BCUT2D eigenvalue weighted by Gasteiger charge is 2.29. The molecule has 3 N–H and O–H groups in total. The normalized spacial score (nSPS) is 16.4. The number of H-pyrrole nitrogens is 1. The maximum Gasteiger partial charge on any atom is 0.419 e. The van der Waals surface area contributed by atoms with Crippen molar-refractivity contribution in [2.24, 2.45) is 0 Å². The van der Waals surface area contributed by atoms with Crippen LogP contribution in [0.4, 0.5) is 14.9 Å². The van der Waals surface area contributed by atoms with Gasteiger partial charge in [-0.2, -0.15) is 12.7 Å². The average molecular weight is 457 g/mol. The Balaban J connectivity index is 1.59. The Morgan fingerprint density at radius 2 is 2.09 bits per heavy atom. The van der Waals surface area contributed by atoms with E-state index in [1.807, 2.05) is 13.1 Å². The van der Waals surface area contributed by atoms with Crippen LogP contribution in [-0.4, -0.2) is 54.0 Å². The third-order valence-electron chi connectivity index (χ3n) is 5.90. The lowest BCUT2D eigenvalue weighted by Crippen LogP contribution is -2.44. The van der Waals surface area contributed by atoms with Crippen LogP contribution in [-0.2, 0) is 16.8 Å². The standard InChI is InChI=1S/C21H20FN5O4S/c1-26-11-16-18-14(15-10-13(22)2-3-17(15)26)4-7-23-20(18)24-19(16)12-5-8-27(9-6-12)32(30,31)25-21(28)29/h2-5,7,10,25H,6,8-9,11H2,1H3,(H,23,24)(H,28,29). The Morgan fingerprint density at radius 3 is 2.81 bits per heavy atom. The number of benzene rings is 1. The number of halogens is 1. The summed E-state index contributed by atoms with van der Waals surface area (Å²) < 4.78 is 41.0. The van der Waals surface area contributed by atoms with Crippen LogP contribution < -0.4 is 9.62 Å². The first-order valence-corrected chi connectivity index (χ1v) is 11.4. The van der Waals surface area contributed by atoms with Gasteiger partial charge in [0, 0.05) is 60.8 Å². The monoisotopic (exact) mass is 457 g/mol. The van der Waals surface area contributed by atoms with Gasteiger partial charge in [0.05, 0.1) is 0 Å². The van der Waals surface area contributed by atoms with Gasteiger partial charge in [0.1, 0.15) is 11.5 Å². The molecule has 2 aromatic heterocycles. The molecule has 0 unspecified atom stereocenters. The Morgan fingerprint density at radius 1 is 1.28 bits per heavy atom. The van der Waals surface area contributed by atoms with Crippen LogP contribution in [0.2, 0.25) is 0 Å². The number of nitrogens with zero attached hydrogens (tertiary/aromatic N) is 3. The predicted octanol–water partition coefficient (Wildman–Crippen LogP) is 2.92. The van der Waals surface area contributed by atoms with E-state index in [9.17, 15) is 17.6 Å². The largest absolute Gasteiger partial charge is 0.464 e. The molecule has 3 aromatic rings. The Hall–Kier alpha value is -3.44. The molecule has 0 saturated carbocycles. The molecule has 1 amide bonds. The summed E-state index contributed by atoms with van der Waals surface area (Å²) in [6, 6.07) is 6.62. The minimum absolute atomic E-state index is 0.0499. The number of carboxylic acid groups (broad SMARTS) is 1. The zero-order chi connectivity index (χ0) is 22.6. The second-order valence-corrected chi connectivity index (χ2v) is 9.50. The van der Waals surface area contributed by atoms with Crippen molar-refractivity contribution in [1.29, 1.82) is 0 Å². The van der Waals surface area contributed by atoms with Crippen LogP contribution in [0.3, 0.4) is 0 Å². The molecule has 0 spiro atoms. The molecule has 1 aromatic carbocycles. The van der Waals surface area contributed by atoms with Crippen molar-refractivity contribution in [3.63, 3.8) is 0 Å². The van der Waals surface area contributed by atoms with Crippen LogP contribution in [0.25, 0.3) is 27.7 Å². The number of aromatic nitrogens is 2. The van der Waals surface area contributed by atoms with Gasteiger partial charge in [-0.3, -0.25) is 0 Å². The quantitative estimate of drug-likeness (QED) is 0.557. The van der Waals surface area contributed by atoms with Gasteiger partial charge < -0.3 is 15.0 Å². The summed E-state index contributed by atoms with van der Waals surface area (Å²) in [5.41, 5.74) is 6.07. The van der Waals surface area contributed by atoms with E-state index >= 15 is 0 Å². The van der Waals surface area contributed by atoms with Gasteiger partial charge in [-0.25, -0.2) is 18.9 Å². The average Bonchev–Trinajstić information content (AvgIpc) is 3.05. The van der Waals surface area contributed by atoms with Crippen LogP contribution in [0.5, 0.6) is 0 Å². The molecule has 2 aliphatic heterocycles. The fourth-order valence-electron chi connectivity index (χ4n) is 4.49. The minimum Gasteiger partial charge on any atom is -0.464 e. The number of rotatable bonds is 3. The lowest BCUT2D eigenvalue weighted by Gasteiger charge is -2.26.